The monoisotopic (exact) mass is 334 g/mol. The Hall–Kier alpha value is -3.48. The molecule has 7 heteroatoms. The Labute approximate surface area is 144 Å². The van der Waals surface area contributed by atoms with Crippen molar-refractivity contribution < 1.29 is 4.79 Å². The fourth-order valence-electron chi connectivity index (χ4n) is 2.37. The molecule has 0 aliphatic heterocycles. The Bertz CT molecular complexity index is 967. The van der Waals surface area contributed by atoms with E-state index < -0.39 is 5.91 Å². The number of amides is 1. The fraction of sp³-hybridized carbons (Fsp3) is 0.111. The summed E-state index contributed by atoms with van der Waals surface area (Å²) < 4.78 is 0. The van der Waals surface area contributed by atoms with Crippen LogP contribution in [-0.4, -0.2) is 21.8 Å². The van der Waals surface area contributed by atoms with E-state index in [9.17, 15) is 4.79 Å². The van der Waals surface area contributed by atoms with Crippen LogP contribution in [0.15, 0.2) is 53.7 Å². The highest BCUT2D eigenvalue weighted by atomic mass is 16.1. The summed E-state index contributed by atoms with van der Waals surface area (Å²) in [6.45, 7) is 2.09. The first-order chi connectivity index (χ1) is 12.1. The highest BCUT2D eigenvalue weighted by molar-refractivity contribution is 6.08. The normalized spacial score (nSPS) is 11.5. The van der Waals surface area contributed by atoms with E-state index in [0.29, 0.717) is 11.3 Å². The summed E-state index contributed by atoms with van der Waals surface area (Å²) in [6.07, 6.45) is 2.63. The van der Waals surface area contributed by atoms with Gasteiger partial charge in [0.1, 0.15) is 0 Å². The van der Waals surface area contributed by atoms with Gasteiger partial charge < -0.3 is 11.5 Å². The number of fused-ring (bicyclic) bond motifs is 1. The number of carbonyl (C=O) groups is 1. The van der Waals surface area contributed by atoms with Crippen molar-refractivity contribution in [1.29, 1.82) is 0 Å². The van der Waals surface area contributed by atoms with Gasteiger partial charge in [-0.25, -0.2) is 9.97 Å². The van der Waals surface area contributed by atoms with E-state index in [0.717, 1.165) is 17.3 Å². The van der Waals surface area contributed by atoms with Crippen molar-refractivity contribution in [2.45, 2.75) is 13.3 Å². The van der Waals surface area contributed by atoms with Crippen LogP contribution < -0.4 is 16.8 Å². The van der Waals surface area contributed by atoms with Gasteiger partial charge in [0.25, 0.3) is 11.9 Å². The molecular formula is C18H18N6O. The molecule has 1 amide bonds. The number of hydrogen-bond donors (Lipinski definition) is 3. The van der Waals surface area contributed by atoms with Crippen molar-refractivity contribution in [2.24, 2.45) is 10.7 Å². The Morgan fingerprint density at radius 3 is 2.80 bits per heavy atom. The van der Waals surface area contributed by atoms with Crippen molar-refractivity contribution in [1.82, 2.24) is 15.3 Å². The van der Waals surface area contributed by atoms with Crippen LogP contribution in [0.4, 0.5) is 11.6 Å². The minimum atomic E-state index is -0.437. The molecule has 3 aromatic rings. The summed E-state index contributed by atoms with van der Waals surface area (Å²) in [5.41, 5.74) is 14.2. The quantitative estimate of drug-likeness (QED) is 0.385. The maximum atomic E-state index is 12.2. The van der Waals surface area contributed by atoms with Crippen molar-refractivity contribution >= 4 is 34.4 Å². The summed E-state index contributed by atoms with van der Waals surface area (Å²) in [5, 5.41) is 3.41. The van der Waals surface area contributed by atoms with E-state index in [1.165, 1.54) is 5.56 Å². The summed E-state index contributed by atoms with van der Waals surface area (Å²) in [6, 6.07) is 12.7. The average molecular weight is 334 g/mol. The van der Waals surface area contributed by atoms with Gasteiger partial charge in [-0.1, -0.05) is 25.1 Å². The van der Waals surface area contributed by atoms with Crippen LogP contribution >= 0.6 is 0 Å². The number of aryl methyl sites for hydroxylation is 1. The number of anilines is 1. The number of aromatic nitrogens is 2. The van der Waals surface area contributed by atoms with Gasteiger partial charge in [-0.15, -0.1) is 0 Å². The van der Waals surface area contributed by atoms with E-state index in [2.05, 4.69) is 27.2 Å². The van der Waals surface area contributed by atoms with Gasteiger partial charge in [0.15, 0.2) is 0 Å². The summed E-state index contributed by atoms with van der Waals surface area (Å²) in [7, 11) is 0. The first-order valence-corrected chi connectivity index (χ1v) is 7.82. The van der Waals surface area contributed by atoms with E-state index >= 15 is 0 Å². The number of guanidine groups is 1. The van der Waals surface area contributed by atoms with Gasteiger partial charge in [-0.05, 0) is 36.2 Å². The molecule has 3 rings (SSSR count). The molecule has 0 fully saturated rings. The van der Waals surface area contributed by atoms with Gasteiger partial charge in [-0.2, -0.15) is 4.99 Å². The van der Waals surface area contributed by atoms with Gasteiger partial charge in [0.05, 0.1) is 11.1 Å². The van der Waals surface area contributed by atoms with Crippen LogP contribution in [0, 0.1) is 0 Å². The van der Waals surface area contributed by atoms with Crippen LogP contribution in [-0.2, 0) is 6.42 Å². The lowest BCUT2D eigenvalue weighted by Crippen LogP contribution is -2.36. The van der Waals surface area contributed by atoms with Crippen LogP contribution in [0.2, 0.25) is 0 Å². The van der Waals surface area contributed by atoms with E-state index in [1.54, 1.807) is 30.5 Å². The lowest BCUT2D eigenvalue weighted by atomic mass is 10.1. The molecule has 5 N–H and O–H groups in total. The first kappa shape index (κ1) is 16.4. The Kier molecular flexibility index (Phi) is 4.56. The Morgan fingerprint density at radius 1 is 1.24 bits per heavy atom. The number of benzene rings is 2. The molecule has 0 bridgehead atoms. The van der Waals surface area contributed by atoms with E-state index in [-0.39, 0.29) is 11.9 Å². The maximum absolute atomic E-state index is 12.2. The molecule has 2 aromatic carbocycles. The third kappa shape index (κ3) is 3.72. The number of para-hydroxylation sites is 1. The zero-order valence-electron chi connectivity index (χ0n) is 13.7. The molecule has 0 atom stereocenters. The lowest BCUT2D eigenvalue weighted by molar-refractivity contribution is 0.0977. The highest BCUT2D eigenvalue weighted by Crippen LogP contribution is 2.16. The molecule has 7 nitrogen and oxygen atoms in total. The number of aliphatic imine (C=N–C) groups is 1. The zero-order chi connectivity index (χ0) is 17.8. The van der Waals surface area contributed by atoms with Crippen LogP contribution in [0.1, 0.15) is 22.8 Å². The highest BCUT2D eigenvalue weighted by Gasteiger charge is 2.10. The SMILES string of the molecule is CCc1ccc2nc(/N=C(\N)NC(=O)c3ccccc3N)ncc2c1. The van der Waals surface area contributed by atoms with Crippen LogP contribution in [0.25, 0.3) is 10.9 Å². The Balaban J connectivity index is 1.81. The third-order valence-corrected chi connectivity index (χ3v) is 3.71. The van der Waals surface area contributed by atoms with Crippen molar-refractivity contribution in [3.63, 3.8) is 0 Å². The van der Waals surface area contributed by atoms with Crippen LogP contribution in [0.5, 0.6) is 0 Å². The molecule has 25 heavy (non-hydrogen) atoms. The molecule has 0 aliphatic carbocycles. The number of nitrogens with two attached hydrogens (primary N) is 2. The van der Waals surface area contributed by atoms with Gasteiger partial charge in [0.2, 0.25) is 5.96 Å². The summed E-state index contributed by atoms with van der Waals surface area (Å²) in [5.74, 6) is -0.360. The van der Waals surface area contributed by atoms with Crippen molar-refractivity contribution in [3.05, 3.63) is 59.8 Å². The molecule has 0 aliphatic rings. The number of nitrogen functional groups attached to an aromatic ring is 1. The zero-order valence-corrected chi connectivity index (χ0v) is 13.7. The second-order valence-electron chi connectivity index (χ2n) is 5.46. The summed E-state index contributed by atoms with van der Waals surface area (Å²) >= 11 is 0. The van der Waals surface area contributed by atoms with Gasteiger partial charge >= 0.3 is 0 Å². The van der Waals surface area contributed by atoms with Crippen molar-refractivity contribution in [3.8, 4) is 0 Å². The smallest absolute Gasteiger partial charge is 0.260 e. The number of rotatable bonds is 3. The molecular weight excluding hydrogens is 316 g/mol. The number of carbonyl (C=O) groups excluding carboxylic acids is 1. The fourth-order valence-corrected chi connectivity index (χ4v) is 2.37. The molecule has 0 unspecified atom stereocenters. The first-order valence-electron chi connectivity index (χ1n) is 7.82. The average Bonchev–Trinajstić information content (AvgIpc) is 2.61. The van der Waals surface area contributed by atoms with Crippen LogP contribution in [0.3, 0.4) is 0 Å². The molecule has 0 spiro atoms. The lowest BCUT2D eigenvalue weighted by Gasteiger charge is -2.06. The van der Waals surface area contributed by atoms with E-state index in [4.69, 9.17) is 11.5 Å². The predicted molar refractivity (Wildman–Crippen MR) is 98.5 cm³/mol. The molecule has 0 radical (unpaired) electrons. The second kappa shape index (κ2) is 6.96. The molecule has 0 saturated carbocycles. The standard InChI is InChI=1S/C18H18N6O/c1-2-11-7-8-15-12(9-11)10-21-18(22-15)24-17(20)23-16(25)13-5-3-4-6-14(13)19/h3-10H,2,19H2,1H3,(H3,20,21,22,23,24,25). The Morgan fingerprint density at radius 2 is 2.04 bits per heavy atom. The maximum Gasteiger partial charge on any atom is 0.260 e. The molecule has 0 saturated heterocycles. The predicted octanol–water partition coefficient (Wildman–Crippen LogP) is 2.15. The largest absolute Gasteiger partial charge is 0.398 e. The minimum absolute atomic E-state index is 0.0993. The van der Waals surface area contributed by atoms with E-state index in [1.807, 2.05) is 18.2 Å². The molecule has 1 heterocycles. The molecule has 1 aromatic heterocycles. The van der Waals surface area contributed by atoms with Crippen molar-refractivity contribution in [2.75, 3.05) is 5.73 Å². The topological polar surface area (TPSA) is 119 Å². The number of nitrogens with zero attached hydrogens (tertiary/aromatic N) is 3. The van der Waals surface area contributed by atoms with Gasteiger partial charge in [0, 0.05) is 17.3 Å². The summed E-state index contributed by atoms with van der Waals surface area (Å²) in [4.78, 5) is 24.7. The third-order valence-electron chi connectivity index (χ3n) is 3.71. The van der Waals surface area contributed by atoms with Gasteiger partial charge in [-0.3, -0.25) is 10.1 Å². The molecule has 126 valence electrons. The number of nitrogens with one attached hydrogen (secondary N) is 1. The minimum Gasteiger partial charge on any atom is -0.398 e. The number of hydrogen-bond acceptors (Lipinski definition) is 5. The second-order valence-corrected chi connectivity index (χ2v) is 5.46.